The molecule has 140 valence electrons. The summed E-state index contributed by atoms with van der Waals surface area (Å²) >= 11 is 0. The van der Waals surface area contributed by atoms with E-state index in [1.165, 1.54) is 5.56 Å². The topological polar surface area (TPSA) is 47.6 Å². The number of aryl methyl sites for hydroxylation is 2. The summed E-state index contributed by atoms with van der Waals surface area (Å²) in [5, 5.41) is 2.90. The molecule has 0 heterocycles. The van der Waals surface area contributed by atoms with E-state index in [4.69, 9.17) is 9.47 Å². The molecule has 0 radical (unpaired) electrons. The third-order valence-electron chi connectivity index (χ3n) is 4.04. The van der Waals surface area contributed by atoms with E-state index in [1.807, 2.05) is 43.3 Å². The smallest absolute Gasteiger partial charge is 0.224 e. The van der Waals surface area contributed by atoms with E-state index in [1.54, 1.807) is 0 Å². The molecular weight excluding hydrogens is 326 g/mol. The van der Waals surface area contributed by atoms with E-state index < -0.39 is 0 Å². The van der Waals surface area contributed by atoms with E-state index in [2.05, 4.69) is 25.2 Å². The number of hydrogen-bond acceptors (Lipinski definition) is 3. The SMILES string of the molecule is CCCCOc1ccc(NC(=O)CCCOc2ccc(C)cc2C)cc1. The lowest BCUT2D eigenvalue weighted by atomic mass is 10.1. The third-order valence-corrected chi connectivity index (χ3v) is 4.04. The Kier molecular flexibility index (Phi) is 8.00. The Bertz CT molecular complexity index is 695. The highest BCUT2D eigenvalue weighted by molar-refractivity contribution is 5.90. The number of nitrogens with one attached hydrogen (secondary N) is 1. The van der Waals surface area contributed by atoms with Crippen LogP contribution in [0.5, 0.6) is 11.5 Å². The number of unbranched alkanes of at least 4 members (excludes halogenated alkanes) is 1. The molecule has 0 aliphatic rings. The second kappa shape index (κ2) is 10.5. The van der Waals surface area contributed by atoms with Crippen molar-refractivity contribution in [1.29, 1.82) is 0 Å². The van der Waals surface area contributed by atoms with Gasteiger partial charge in [-0.1, -0.05) is 31.0 Å². The average molecular weight is 355 g/mol. The van der Waals surface area contributed by atoms with Crippen LogP contribution in [0.25, 0.3) is 0 Å². The molecule has 2 aromatic carbocycles. The van der Waals surface area contributed by atoms with Crippen molar-refractivity contribution >= 4 is 11.6 Å². The summed E-state index contributed by atoms with van der Waals surface area (Å²) in [6, 6.07) is 13.6. The molecule has 0 spiro atoms. The second-order valence-corrected chi connectivity index (χ2v) is 6.50. The molecular formula is C22H29NO3. The van der Waals surface area contributed by atoms with Gasteiger partial charge in [-0.3, -0.25) is 4.79 Å². The molecule has 0 unspecified atom stereocenters. The molecule has 0 aliphatic heterocycles. The third kappa shape index (κ3) is 6.79. The van der Waals surface area contributed by atoms with Gasteiger partial charge in [0, 0.05) is 12.1 Å². The summed E-state index contributed by atoms with van der Waals surface area (Å²) in [6.45, 7) is 7.48. The van der Waals surface area contributed by atoms with E-state index in [9.17, 15) is 4.79 Å². The van der Waals surface area contributed by atoms with Crippen molar-refractivity contribution in [2.75, 3.05) is 18.5 Å². The van der Waals surface area contributed by atoms with Crippen LogP contribution in [0.4, 0.5) is 5.69 Å². The van der Waals surface area contributed by atoms with Crippen LogP contribution in [-0.2, 0) is 4.79 Å². The molecule has 2 aromatic rings. The van der Waals surface area contributed by atoms with Crippen LogP contribution in [0.1, 0.15) is 43.7 Å². The standard InChI is InChI=1S/C22H29NO3/c1-4-5-14-25-20-11-9-19(10-12-20)23-22(24)7-6-15-26-21-13-8-17(2)16-18(21)3/h8-13,16H,4-7,14-15H2,1-3H3,(H,23,24). The maximum absolute atomic E-state index is 12.0. The molecule has 1 N–H and O–H groups in total. The number of hydrogen-bond donors (Lipinski definition) is 1. The van der Waals surface area contributed by atoms with Gasteiger partial charge < -0.3 is 14.8 Å². The molecule has 4 nitrogen and oxygen atoms in total. The van der Waals surface area contributed by atoms with Crippen LogP contribution in [0.3, 0.4) is 0 Å². The summed E-state index contributed by atoms with van der Waals surface area (Å²) in [5.41, 5.74) is 3.12. The average Bonchev–Trinajstić information content (AvgIpc) is 2.62. The molecule has 26 heavy (non-hydrogen) atoms. The minimum Gasteiger partial charge on any atom is -0.494 e. The summed E-state index contributed by atoms with van der Waals surface area (Å²) in [7, 11) is 0. The minimum absolute atomic E-state index is 0.00567. The molecule has 2 rings (SSSR count). The van der Waals surface area contributed by atoms with E-state index in [0.717, 1.165) is 42.2 Å². The first kappa shape index (κ1) is 19.8. The zero-order chi connectivity index (χ0) is 18.8. The molecule has 0 fully saturated rings. The predicted molar refractivity (Wildman–Crippen MR) is 106 cm³/mol. The Hall–Kier alpha value is -2.49. The van der Waals surface area contributed by atoms with Gasteiger partial charge in [0.15, 0.2) is 0 Å². The highest BCUT2D eigenvalue weighted by Gasteiger charge is 2.04. The Morgan fingerprint density at radius 1 is 0.962 bits per heavy atom. The van der Waals surface area contributed by atoms with Crippen molar-refractivity contribution in [2.24, 2.45) is 0 Å². The van der Waals surface area contributed by atoms with Crippen LogP contribution in [-0.4, -0.2) is 19.1 Å². The number of ether oxygens (including phenoxy) is 2. The van der Waals surface area contributed by atoms with Crippen molar-refractivity contribution in [3.63, 3.8) is 0 Å². The van der Waals surface area contributed by atoms with E-state index in [-0.39, 0.29) is 5.91 Å². The normalized spacial score (nSPS) is 10.4. The molecule has 1 amide bonds. The van der Waals surface area contributed by atoms with Gasteiger partial charge in [0.1, 0.15) is 11.5 Å². The van der Waals surface area contributed by atoms with Gasteiger partial charge in [0.2, 0.25) is 5.91 Å². The van der Waals surface area contributed by atoms with Gasteiger partial charge in [-0.05, 0) is 62.6 Å². The van der Waals surface area contributed by atoms with E-state index in [0.29, 0.717) is 19.4 Å². The van der Waals surface area contributed by atoms with Crippen molar-refractivity contribution in [3.8, 4) is 11.5 Å². The molecule has 0 atom stereocenters. The molecule has 0 aliphatic carbocycles. The summed E-state index contributed by atoms with van der Waals surface area (Å²) in [6.07, 6.45) is 3.26. The second-order valence-electron chi connectivity index (χ2n) is 6.50. The first-order chi connectivity index (χ1) is 12.6. The first-order valence-corrected chi connectivity index (χ1v) is 9.31. The van der Waals surface area contributed by atoms with Gasteiger partial charge >= 0.3 is 0 Å². The van der Waals surface area contributed by atoms with E-state index >= 15 is 0 Å². The zero-order valence-corrected chi connectivity index (χ0v) is 16.0. The Morgan fingerprint density at radius 2 is 1.69 bits per heavy atom. The number of benzene rings is 2. The van der Waals surface area contributed by atoms with Crippen LogP contribution < -0.4 is 14.8 Å². The van der Waals surface area contributed by atoms with Crippen LogP contribution in [0.15, 0.2) is 42.5 Å². The molecule has 0 saturated heterocycles. The highest BCUT2D eigenvalue weighted by Crippen LogP contribution is 2.19. The summed E-state index contributed by atoms with van der Waals surface area (Å²) < 4.78 is 11.4. The molecule has 0 saturated carbocycles. The maximum atomic E-state index is 12.0. The number of rotatable bonds is 10. The molecule has 0 bridgehead atoms. The van der Waals surface area contributed by atoms with Gasteiger partial charge in [-0.25, -0.2) is 0 Å². The largest absolute Gasteiger partial charge is 0.494 e. The Balaban J connectivity index is 1.68. The van der Waals surface area contributed by atoms with Gasteiger partial charge in [0.05, 0.1) is 13.2 Å². The molecule has 0 aromatic heterocycles. The molecule has 4 heteroatoms. The Labute approximate surface area is 156 Å². The number of amides is 1. The Morgan fingerprint density at radius 3 is 2.38 bits per heavy atom. The van der Waals surface area contributed by atoms with Crippen molar-refractivity contribution in [1.82, 2.24) is 0 Å². The minimum atomic E-state index is -0.00567. The van der Waals surface area contributed by atoms with Crippen LogP contribution >= 0.6 is 0 Å². The fourth-order valence-electron chi connectivity index (χ4n) is 2.57. The zero-order valence-electron chi connectivity index (χ0n) is 16.0. The first-order valence-electron chi connectivity index (χ1n) is 9.31. The summed E-state index contributed by atoms with van der Waals surface area (Å²) in [4.78, 5) is 12.0. The van der Waals surface area contributed by atoms with Crippen LogP contribution in [0.2, 0.25) is 0 Å². The van der Waals surface area contributed by atoms with Crippen LogP contribution in [0, 0.1) is 13.8 Å². The monoisotopic (exact) mass is 355 g/mol. The highest BCUT2D eigenvalue weighted by atomic mass is 16.5. The number of carbonyl (C=O) groups is 1. The fourth-order valence-corrected chi connectivity index (χ4v) is 2.57. The van der Waals surface area contributed by atoms with Crippen molar-refractivity contribution in [2.45, 2.75) is 46.5 Å². The lowest BCUT2D eigenvalue weighted by Crippen LogP contribution is -2.12. The van der Waals surface area contributed by atoms with Gasteiger partial charge in [0.25, 0.3) is 0 Å². The lowest BCUT2D eigenvalue weighted by molar-refractivity contribution is -0.116. The van der Waals surface area contributed by atoms with Crippen molar-refractivity contribution < 1.29 is 14.3 Å². The number of carbonyl (C=O) groups excluding carboxylic acids is 1. The maximum Gasteiger partial charge on any atom is 0.224 e. The fraction of sp³-hybridized carbons (Fsp3) is 0.409. The quantitative estimate of drug-likeness (QED) is 0.590. The van der Waals surface area contributed by atoms with Gasteiger partial charge in [-0.15, -0.1) is 0 Å². The summed E-state index contributed by atoms with van der Waals surface area (Å²) in [5.74, 6) is 1.71. The number of anilines is 1. The van der Waals surface area contributed by atoms with Gasteiger partial charge in [-0.2, -0.15) is 0 Å². The lowest BCUT2D eigenvalue weighted by Gasteiger charge is -2.10. The predicted octanol–water partition coefficient (Wildman–Crippen LogP) is 5.28. The van der Waals surface area contributed by atoms with Crippen molar-refractivity contribution in [3.05, 3.63) is 53.6 Å².